The molecule has 3 aromatic heterocycles. The van der Waals surface area contributed by atoms with Crippen molar-refractivity contribution in [2.45, 2.75) is 6.92 Å². The van der Waals surface area contributed by atoms with Gasteiger partial charge in [-0.25, -0.2) is 4.98 Å². The first-order chi connectivity index (χ1) is 29.6. The van der Waals surface area contributed by atoms with Crippen LogP contribution >= 0.6 is 0 Å². The average molecular weight is 769 g/mol. The Bertz CT molecular complexity index is 3410. The van der Waals surface area contributed by atoms with E-state index >= 15 is 0 Å². The van der Waals surface area contributed by atoms with E-state index in [9.17, 15) is 0 Å². The number of allylic oxidation sites excluding steroid dienone is 2. The third-order valence-electron chi connectivity index (χ3n) is 11.8. The van der Waals surface area contributed by atoms with E-state index in [-0.39, 0.29) is 0 Å². The summed E-state index contributed by atoms with van der Waals surface area (Å²) < 4.78 is 7.07. The van der Waals surface area contributed by atoms with Crippen LogP contribution in [0.5, 0.6) is 0 Å². The monoisotopic (exact) mass is 768 g/mol. The van der Waals surface area contributed by atoms with Gasteiger partial charge >= 0.3 is 0 Å². The van der Waals surface area contributed by atoms with Crippen molar-refractivity contribution >= 4 is 49.8 Å². The summed E-state index contributed by atoms with van der Waals surface area (Å²) in [7, 11) is 0. The largest absolute Gasteiger partial charge is 0.310 e. The molecule has 4 nitrogen and oxygen atoms in total. The number of hydrogen-bond donors (Lipinski definition) is 0. The van der Waals surface area contributed by atoms with Gasteiger partial charge in [0, 0.05) is 44.5 Å². The van der Waals surface area contributed by atoms with Crippen LogP contribution in [-0.2, 0) is 0 Å². The lowest BCUT2D eigenvalue weighted by atomic mass is 9.97. The standard InChI is InChI=1S/C56H40N4/c1-3-4-28-51-38(2)47-24-8-12-29-52(47)58(51)44-22-16-20-40(34-44)42-33-43(37-46(36-42)60-55-32-15-11-27-50(55)57-56(60)39-18-6-5-7-19-39)41-21-17-23-45(35-41)59-53-30-13-9-25-48(53)49-26-10-14-31-54(49)59/h3-37H,1H2,2H3/b28-4-. The molecule has 4 heteroatoms. The van der Waals surface area contributed by atoms with Crippen molar-refractivity contribution in [3.05, 3.63) is 224 Å². The SMILES string of the molecule is C=C/C=C\c1c(C)c2ccccc2n1-c1cccc(-c2cc(-c3cccc(-n4c5ccccc5c5ccccc54)c3)cc(-n3c(-c4ccccc4)nc4ccccc43)c2)c1. The summed E-state index contributed by atoms with van der Waals surface area (Å²) in [6, 6.07) is 69.8. The molecule has 0 fully saturated rings. The zero-order valence-electron chi connectivity index (χ0n) is 33.2. The van der Waals surface area contributed by atoms with Crippen molar-refractivity contribution in [1.29, 1.82) is 0 Å². The summed E-state index contributed by atoms with van der Waals surface area (Å²) in [6.07, 6.45) is 6.02. The van der Waals surface area contributed by atoms with Gasteiger partial charge in [0.2, 0.25) is 0 Å². The Hall–Kier alpha value is -7.95. The molecule has 284 valence electrons. The van der Waals surface area contributed by atoms with Crippen LogP contribution in [0.1, 0.15) is 11.3 Å². The second-order valence-corrected chi connectivity index (χ2v) is 15.3. The molecule has 60 heavy (non-hydrogen) atoms. The van der Waals surface area contributed by atoms with E-state index < -0.39 is 0 Å². The van der Waals surface area contributed by atoms with E-state index in [2.05, 4.69) is 227 Å². The maximum absolute atomic E-state index is 5.23. The number of imidazole rings is 1. The number of aryl methyl sites for hydroxylation is 1. The second kappa shape index (κ2) is 14.5. The molecule has 0 unspecified atom stereocenters. The van der Waals surface area contributed by atoms with Gasteiger partial charge in [0.05, 0.1) is 27.6 Å². The molecule has 11 rings (SSSR count). The highest BCUT2D eigenvalue weighted by Crippen LogP contribution is 2.38. The third-order valence-corrected chi connectivity index (χ3v) is 11.8. The lowest BCUT2D eigenvalue weighted by Crippen LogP contribution is -2.00. The average Bonchev–Trinajstić information content (AvgIpc) is 3.96. The van der Waals surface area contributed by atoms with Crippen LogP contribution < -0.4 is 0 Å². The summed E-state index contributed by atoms with van der Waals surface area (Å²) in [5.41, 5.74) is 16.7. The van der Waals surface area contributed by atoms with E-state index in [1.165, 1.54) is 38.3 Å². The smallest absolute Gasteiger partial charge is 0.145 e. The van der Waals surface area contributed by atoms with Gasteiger partial charge in [-0.3, -0.25) is 4.57 Å². The van der Waals surface area contributed by atoms with Crippen molar-refractivity contribution in [3.8, 4) is 50.7 Å². The summed E-state index contributed by atoms with van der Waals surface area (Å²) in [6.45, 7) is 6.17. The number of benzene rings is 8. The maximum atomic E-state index is 5.23. The highest BCUT2D eigenvalue weighted by Gasteiger charge is 2.19. The predicted molar refractivity (Wildman–Crippen MR) is 253 cm³/mol. The fraction of sp³-hybridized carbons (Fsp3) is 0.0179. The zero-order valence-corrected chi connectivity index (χ0v) is 33.2. The van der Waals surface area contributed by atoms with Gasteiger partial charge in [0.25, 0.3) is 0 Å². The van der Waals surface area contributed by atoms with Crippen molar-refractivity contribution in [3.63, 3.8) is 0 Å². The molecule has 0 bridgehead atoms. The van der Waals surface area contributed by atoms with Gasteiger partial charge in [-0.05, 0) is 114 Å². The summed E-state index contributed by atoms with van der Waals surface area (Å²) in [5, 5.41) is 3.73. The fourth-order valence-corrected chi connectivity index (χ4v) is 9.05. The molecule has 0 atom stereocenters. The van der Waals surface area contributed by atoms with Crippen LogP contribution in [-0.4, -0.2) is 18.7 Å². The third kappa shape index (κ3) is 5.80. The molecule has 0 aliphatic rings. The predicted octanol–water partition coefficient (Wildman–Crippen LogP) is 14.6. The normalized spacial score (nSPS) is 11.8. The molecule has 0 saturated heterocycles. The van der Waals surface area contributed by atoms with Crippen LogP contribution in [0, 0.1) is 6.92 Å². The molecule has 11 aromatic rings. The Morgan fingerprint density at radius 2 is 0.917 bits per heavy atom. The highest BCUT2D eigenvalue weighted by molar-refractivity contribution is 6.09. The number of para-hydroxylation sites is 5. The number of fused-ring (bicyclic) bond motifs is 5. The molecule has 0 amide bonds. The molecular formula is C56H40N4. The number of nitrogens with zero attached hydrogens (tertiary/aromatic N) is 4. The second-order valence-electron chi connectivity index (χ2n) is 15.3. The quantitative estimate of drug-likeness (QED) is 0.142. The lowest BCUT2D eigenvalue weighted by Gasteiger charge is -2.17. The van der Waals surface area contributed by atoms with Crippen LogP contribution in [0.25, 0.3) is 101 Å². The van der Waals surface area contributed by atoms with E-state index in [1.807, 2.05) is 12.2 Å². The van der Waals surface area contributed by atoms with Crippen molar-refractivity contribution in [2.75, 3.05) is 0 Å². The molecule has 3 heterocycles. The number of aromatic nitrogens is 4. The minimum absolute atomic E-state index is 0.903. The Morgan fingerprint density at radius 3 is 1.55 bits per heavy atom. The summed E-state index contributed by atoms with van der Waals surface area (Å²) in [4.78, 5) is 5.23. The zero-order chi connectivity index (χ0) is 40.2. The summed E-state index contributed by atoms with van der Waals surface area (Å²) in [5.74, 6) is 0.903. The van der Waals surface area contributed by atoms with Gasteiger partial charge in [-0.1, -0.05) is 140 Å². The molecule has 0 radical (unpaired) electrons. The first kappa shape index (κ1) is 35.2. The minimum atomic E-state index is 0.903. The van der Waals surface area contributed by atoms with E-state index in [0.717, 1.165) is 67.4 Å². The van der Waals surface area contributed by atoms with Gasteiger partial charge in [-0.15, -0.1) is 0 Å². The fourth-order valence-electron chi connectivity index (χ4n) is 9.05. The Balaban J connectivity index is 1.15. The molecular weight excluding hydrogens is 729 g/mol. The van der Waals surface area contributed by atoms with Gasteiger partial charge < -0.3 is 9.13 Å². The first-order valence-corrected chi connectivity index (χ1v) is 20.4. The first-order valence-electron chi connectivity index (χ1n) is 20.4. The molecule has 0 aliphatic heterocycles. The van der Waals surface area contributed by atoms with Crippen molar-refractivity contribution in [2.24, 2.45) is 0 Å². The minimum Gasteiger partial charge on any atom is -0.310 e. The van der Waals surface area contributed by atoms with E-state index in [0.29, 0.717) is 0 Å². The van der Waals surface area contributed by atoms with Crippen LogP contribution in [0.15, 0.2) is 213 Å². The van der Waals surface area contributed by atoms with Crippen LogP contribution in [0.3, 0.4) is 0 Å². The molecule has 0 N–H and O–H groups in total. The topological polar surface area (TPSA) is 27.7 Å². The van der Waals surface area contributed by atoms with Gasteiger partial charge in [0.15, 0.2) is 0 Å². The highest BCUT2D eigenvalue weighted by atomic mass is 15.1. The van der Waals surface area contributed by atoms with Crippen molar-refractivity contribution in [1.82, 2.24) is 18.7 Å². The Labute approximate surface area is 348 Å². The molecule has 0 spiro atoms. The molecule has 0 saturated carbocycles. The summed E-state index contributed by atoms with van der Waals surface area (Å²) >= 11 is 0. The Kier molecular flexibility index (Phi) is 8.49. The van der Waals surface area contributed by atoms with Gasteiger partial charge in [0.1, 0.15) is 5.82 Å². The Morgan fingerprint density at radius 1 is 0.417 bits per heavy atom. The lowest BCUT2D eigenvalue weighted by molar-refractivity contribution is 1.09. The van der Waals surface area contributed by atoms with E-state index in [1.54, 1.807) is 0 Å². The van der Waals surface area contributed by atoms with E-state index in [4.69, 9.17) is 4.98 Å². The maximum Gasteiger partial charge on any atom is 0.145 e. The van der Waals surface area contributed by atoms with Gasteiger partial charge in [-0.2, -0.15) is 0 Å². The van der Waals surface area contributed by atoms with Crippen LogP contribution in [0.2, 0.25) is 0 Å². The molecule has 8 aromatic carbocycles. The van der Waals surface area contributed by atoms with Crippen LogP contribution in [0.4, 0.5) is 0 Å². The van der Waals surface area contributed by atoms with Crippen molar-refractivity contribution < 1.29 is 0 Å². The molecule has 0 aliphatic carbocycles. The number of rotatable bonds is 8. The number of hydrogen-bond acceptors (Lipinski definition) is 1.